The molecule has 0 bridgehead atoms. The van der Waals surface area contributed by atoms with Crippen molar-refractivity contribution < 1.29 is 16.8 Å². The standard InChI is InChI=1S/C21H21NO4S2/c1-16(17-8-10-19(11-9-17)18-6-4-3-5-7-18)22-28(25,26)21-14-12-20(13-15-21)27(2,23)24/h3-16,22H,1-2H3. The molecule has 0 amide bonds. The molecule has 0 aliphatic heterocycles. The van der Waals surface area contributed by atoms with Crippen LogP contribution in [0, 0.1) is 0 Å². The van der Waals surface area contributed by atoms with Gasteiger partial charge in [-0.15, -0.1) is 0 Å². The Balaban J connectivity index is 1.77. The van der Waals surface area contributed by atoms with Crippen LogP contribution in [0.25, 0.3) is 11.1 Å². The second-order valence-electron chi connectivity index (χ2n) is 6.57. The van der Waals surface area contributed by atoms with Crippen LogP contribution in [0.2, 0.25) is 0 Å². The fourth-order valence-corrected chi connectivity index (χ4v) is 4.69. The van der Waals surface area contributed by atoms with Crippen LogP contribution in [0.1, 0.15) is 18.5 Å². The lowest BCUT2D eigenvalue weighted by Crippen LogP contribution is -2.26. The Morgan fingerprint density at radius 2 is 1.18 bits per heavy atom. The van der Waals surface area contributed by atoms with Crippen molar-refractivity contribution in [3.8, 4) is 11.1 Å². The number of rotatable bonds is 6. The molecule has 0 saturated carbocycles. The van der Waals surface area contributed by atoms with E-state index >= 15 is 0 Å². The van der Waals surface area contributed by atoms with Crippen molar-refractivity contribution in [3.05, 3.63) is 84.4 Å². The lowest BCUT2D eigenvalue weighted by molar-refractivity contribution is 0.566. The highest BCUT2D eigenvalue weighted by Gasteiger charge is 2.19. The minimum absolute atomic E-state index is 0.0210. The third-order valence-corrected chi connectivity index (χ3v) is 7.10. The first-order valence-corrected chi connectivity index (χ1v) is 12.0. The van der Waals surface area contributed by atoms with Crippen LogP contribution in [-0.4, -0.2) is 23.1 Å². The smallest absolute Gasteiger partial charge is 0.224 e. The first kappa shape index (κ1) is 20.3. The molecule has 3 rings (SSSR count). The van der Waals surface area contributed by atoms with Crippen LogP contribution in [0.5, 0.6) is 0 Å². The van der Waals surface area contributed by atoms with Crippen molar-refractivity contribution in [1.82, 2.24) is 4.72 Å². The van der Waals surface area contributed by atoms with Crippen molar-refractivity contribution in [1.29, 1.82) is 0 Å². The van der Waals surface area contributed by atoms with E-state index in [2.05, 4.69) is 4.72 Å². The Hall–Kier alpha value is -2.48. The molecule has 3 aromatic rings. The third-order valence-electron chi connectivity index (χ3n) is 4.41. The molecule has 0 saturated heterocycles. The van der Waals surface area contributed by atoms with Gasteiger partial charge in [-0.3, -0.25) is 0 Å². The predicted molar refractivity (Wildman–Crippen MR) is 110 cm³/mol. The third kappa shape index (κ3) is 4.67. The van der Waals surface area contributed by atoms with E-state index in [-0.39, 0.29) is 9.79 Å². The molecule has 0 heterocycles. The van der Waals surface area contributed by atoms with Crippen molar-refractivity contribution in [2.75, 3.05) is 6.26 Å². The molecular weight excluding hydrogens is 394 g/mol. The van der Waals surface area contributed by atoms with Gasteiger partial charge in [-0.25, -0.2) is 21.6 Å². The van der Waals surface area contributed by atoms with E-state index in [1.54, 1.807) is 6.92 Å². The zero-order chi connectivity index (χ0) is 20.4. The molecule has 0 radical (unpaired) electrons. The van der Waals surface area contributed by atoms with Crippen LogP contribution >= 0.6 is 0 Å². The van der Waals surface area contributed by atoms with Gasteiger partial charge in [0, 0.05) is 12.3 Å². The molecule has 1 atom stereocenters. The molecular formula is C21H21NO4S2. The number of hydrogen-bond donors (Lipinski definition) is 1. The Morgan fingerprint density at radius 1 is 0.679 bits per heavy atom. The second kappa shape index (κ2) is 7.87. The summed E-state index contributed by atoms with van der Waals surface area (Å²) in [5.41, 5.74) is 2.97. The van der Waals surface area contributed by atoms with E-state index < -0.39 is 25.9 Å². The summed E-state index contributed by atoms with van der Waals surface area (Å²) in [7, 11) is -7.15. The molecule has 7 heteroatoms. The van der Waals surface area contributed by atoms with Gasteiger partial charge < -0.3 is 0 Å². The van der Waals surface area contributed by atoms with Gasteiger partial charge in [0.1, 0.15) is 0 Å². The van der Waals surface area contributed by atoms with Crippen LogP contribution < -0.4 is 4.72 Å². The molecule has 0 aliphatic rings. The average molecular weight is 416 g/mol. The molecule has 1 unspecified atom stereocenters. The van der Waals surface area contributed by atoms with Gasteiger partial charge in [-0.1, -0.05) is 54.6 Å². The summed E-state index contributed by atoms with van der Waals surface area (Å²) in [5.74, 6) is 0. The molecule has 1 N–H and O–H groups in total. The highest BCUT2D eigenvalue weighted by Crippen LogP contribution is 2.23. The number of sulfonamides is 1. The Kier molecular flexibility index (Phi) is 5.69. The van der Waals surface area contributed by atoms with Crippen LogP contribution in [0.15, 0.2) is 88.7 Å². The molecule has 3 aromatic carbocycles. The predicted octanol–water partition coefficient (Wildman–Crippen LogP) is 3.80. The molecule has 146 valence electrons. The summed E-state index contributed by atoms with van der Waals surface area (Å²) in [6.45, 7) is 1.76. The normalized spacial score (nSPS) is 13.2. The van der Waals surface area contributed by atoms with Gasteiger partial charge in [-0.05, 0) is 47.9 Å². The minimum atomic E-state index is -3.78. The molecule has 0 spiro atoms. The summed E-state index contributed by atoms with van der Waals surface area (Å²) in [5, 5.41) is 0. The van der Waals surface area contributed by atoms with Crippen LogP contribution in [0.4, 0.5) is 0 Å². The van der Waals surface area contributed by atoms with Gasteiger partial charge in [0.15, 0.2) is 9.84 Å². The van der Waals surface area contributed by atoms with Gasteiger partial charge in [0.05, 0.1) is 9.79 Å². The highest BCUT2D eigenvalue weighted by molar-refractivity contribution is 7.90. The number of nitrogens with one attached hydrogen (secondary N) is 1. The van der Waals surface area contributed by atoms with Crippen LogP contribution in [0.3, 0.4) is 0 Å². The Morgan fingerprint density at radius 3 is 1.71 bits per heavy atom. The summed E-state index contributed by atoms with van der Waals surface area (Å²) >= 11 is 0. The van der Waals surface area contributed by atoms with Crippen molar-refractivity contribution >= 4 is 19.9 Å². The highest BCUT2D eigenvalue weighted by atomic mass is 32.2. The van der Waals surface area contributed by atoms with Gasteiger partial charge in [0.2, 0.25) is 10.0 Å². The lowest BCUT2D eigenvalue weighted by atomic mass is 10.0. The van der Waals surface area contributed by atoms with E-state index in [0.717, 1.165) is 22.9 Å². The van der Waals surface area contributed by atoms with E-state index in [9.17, 15) is 16.8 Å². The summed E-state index contributed by atoms with van der Waals surface area (Å²) in [4.78, 5) is 0.101. The lowest BCUT2D eigenvalue weighted by Gasteiger charge is -2.15. The quantitative estimate of drug-likeness (QED) is 0.664. The van der Waals surface area contributed by atoms with E-state index in [1.807, 2.05) is 54.6 Å². The fraction of sp³-hybridized carbons (Fsp3) is 0.143. The first-order valence-electron chi connectivity index (χ1n) is 8.65. The fourth-order valence-electron chi connectivity index (χ4n) is 2.83. The number of sulfone groups is 1. The van der Waals surface area contributed by atoms with Gasteiger partial charge >= 0.3 is 0 Å². The number of benzene rings is 3. The summed E-state index contributed by atoms with van der Waals surface area (Å²) in [6.07, 6.45) is 1.08. The maximum atomic E-state index is 12.6. The monoisotopic (exact) mass is 415 g/mol. The van der Waals surface area contributed by atoms with Crippen molar-refractivity contribution in [2.45, 2.75) is 22.8 Å². The Labute approximate surface area is 166 Å². The van der Waals surface area contributed by atoms with E-state index in [1.165, 1.54) is 24.3 Å². The SMILES string of the molecule is CC(NS(=O)(=O)c1ccc(S(C)(=O)=O)cc1)c1ccc(-c2ccccc2)cc1. The van der Waals surface area contributed by atoms with Gasteiger partial charge in [0.25, 0.3) is 0 Å². The second-order valence-corrected chi connectivity index (χ2v) is 10.3. The summed E-state index contributed by atoms with van der Waals surface area (Å²) in [6, 6.07) is 22.4. The molecule has 28 heavy (non-hydrogen) atoms. The first-order chi connectivity index (χ1) is 13.2. The largest absolute Gasteiger partial charge is 0.241 e. The van der Waals surface area contributed by atoms with Gasteiger partial charge in [-0.2, -0.15) is 0 Å². The van der Waals surface area contributed by atoms with Crippen molar-refractivity contribution in [2.24, 2.45) is 0 Å². The maximum Gasteiger partial charge on any atom is 0.241 e. The zero-order valence-electron chi connectivity index (χ0n) is 15.5. The van der Waals surface area contributed by atoms with E-state index in [4.69, 9.17) is 0 Å². The molecule has 5 nitrogen and oxygen atoms in total. The van der Waals surface area contributed by atoms with Crippen LogP contribution in [-0.2, 0) is 19.9 Å². The average Bonchev–Trinajstić information content (AvgIpc) is 2.68. The van der Waals surface area contributed by atoms with Crippen molar-refractivity contribution in [3.63, 3.8) is 0 Å². The Bertz CT molecular complexity index is 1150. The summed E-state index contributed by atoms with van der Waals surface area (Å²) < 4.78 is 50.9. The minimum Gasteiger partial charge on any atom is -0.224 e. The zero-order valence-corrected chi connectivity index (χ0v) is 17.2. The maximum absolute atomic E-state index is 12.6. The number of hydrogen-bond acceptors (Lipinski definition) is 4. The van der Waals surface area contributed by atoms with E-state index in [0.29, 0.717) is 0 Å². The molecule has 0 aliphatic carbocycles. The topological polar surface area (TPSA) is 80.3 Å². The molecule has 0 fully saturated rings. The molecule has 0 aromatic heterocycles.